The van der Waals surface area contributed by atoms with Crippen molar-refractivity contribution in [3.63, 3.8) is 0 Å². The number of aryl methyl sites for hydroxylation is 1. The summed E-state index contributed by atoms with van der Waals surface area (Å²) in [5.41, 5.74) is 3.66. The molecule has 0 fully saturated rings. The molecule has 0 saturated heterocycles. The lowest BCUT2D eigenvalue weighted by atomic mass is 10.0. The number of para-hydroxylation sites is 1. The zero-order valence-electron chi connectivity index (χ0n) is 19.8. The Labute approximate surface area is 199 Å². The van der Waals surface area contributed by atoms with E-state index in [4.69, 9.17) is 12.2 Å². The number of unbranched alkanes of at least 4 members (excludes halogenated alkanes) is 2. The maximum atomic E-state index is 13.4. The predicted molar refractivity (Wildman–Crippen MR) is 139 cm³/mol. The van der Waals surface area contributed by atoms with Gasteiger partial charge in [0.05, 0.1) is 5.56 Å². The summed E-state index contributed by atoms with van der Waals surface area (Å²) in [6, 6.07) is 14.8. The van der Waals surface area contributed by atoms with Crippen molar-refractivity contribution < 1.29 is 5.11 Å². The van der Waals surface area contributed by atoms with Gasteiger partial charge >= 0.3 is 0 Å². The average Bonchev–Trinajstić information content (AvgIpc) is 3.15. The van der Waals surface area contributed by atoms with E-state index in [0.717, 1.165) is 37.8 Å². The van der Waals surface area contributed by atoms with Gasteiger partial charge in [0.25, 0.3) is 5.56 Å². The highest BCUT2D eigenvalue weighted by Gasteiger charge is 2.18. The lowest BCUT2D eigenvalue weighted by molar-refractivity contribution is 0.381. The summed E-state index contributed by atoms with van der Waals surface area (Å²) >= 11 is 5.61. The van der Waals surface area contributed by atoms with Crippen LogP contribution in [0.25, 0.3) is 21.8 Å². The lowest BCUT2D eigenvalue weighted by Gasteiger charge is -2.17. The molecular formula is C27H33N3O2S. The van der Waals surface area contributed by atoms with Crippen LogP contribution in [0, 0.1) is 4.77 Å². The van der Waals surface area contributed by atoms with Crippen LogP contribution in [-0.2, 0) is 26.1 Å². The first-order valence-corrected chi connectivity index (χ1v) is 12.5. The SMILES string of the molecule is CCCCn1c(O)c(Cc2ccc3c(c2)c2ccccc2n3CC)c(=O)n(CCCC)c1=S. The molecule has 0 radical (unpaired) electrons. The van der Waals surface area contributed by atoms with Gasteiger partial charge in [0, 0.05) is 47.9 Å². The fourth-order valence-electron chi connectivity index (χ4n) is 4.69. The lowest BCUT2D eigenvalue weighted by Crippen LogP contribution is -2.29. The normalized spacial score (nSPS) is 11.6. The van der Waals surface area contributed by atoms with Gasteiger partial charge in [-0.1, -0.05) is 51.0 Å². The third-order valence-electron chi connectivity index (χ3n) is 6.50. The maximum Gasteiger partial charge on any atom is 0.261 e. The first kappa shape index (κ1) is 23.3. The topological polar surface area (TPSA) is 52.1 Å². The van der Waals surface area contributed by atoms with Crippen molar-refractivity contribution in [2.24, 2.45) is 0 Å². The second kappa shape index (κ2) is 9.96. The number of nitrogens with zero attached hydrogens (tertiary/aromatic N) is 3. The summed E-state index contributed by atoms with van der Waals surface area (Å²) in [6.07, 6.45) is 4.12. The van der Waals surface area contributed by atoms with Crippen LogP contribution in [0.2, 0.25) is 0 Å². The van der Waals surface area contributed by atoms with Gasteiger partial charge in [-0.05, 0) is 55.7 Å². The van der Waals surface area contributed by atoms with Gasteiger partial charge in [-0.15, -0.1) is 0 Å². The van der Waals surface area contributed by atoms with Crippen LogP contribution < -0.4 is 5.56 Å². The third kappa shape index (κ3) is 4.24. The van der Waals surface area contributed by atoms with E-state index in [2.05, 4.69) is 67.8 Å². The van der Waals surface area contributed by atoms with Gasteiger partial charge in [-0.2, -0.15) is 0 Å². The Balaban J connectivity index is 1.85. The van der Waals surface area contributed by atoms with Gasteiger partial charge in [0.2, 0.25) is 5.88 Å². The van der Waals surface area contributed by atoms with Gasteiger partial charge in [-0.25, -0.2) is 0 Å². The van der Waals surface area contributed by atoms with Crippen LogP contribution >= 0.6 is 12.2 Å². The Bertz CT molecular complexity index is 1410. The number of hydrogen-bond acceptors (Lipinski definition) is 3. The first-order valence-electron chi connectivity index (χ1n) is 12.1. The highest BCUT2D eigenvalue weighted by Crippen LogP contribution is 2.30. The van der Waals surface area contributed by atoms with Crippen molar-refractivity contribution in [2.75, 3.05) is 0 Å². The Kier molecular flexibility index (Phi) is 7.03. The predicted octanol–water partition coefficient (Wildman–Crippen LogP) is 6.40. The summed E-state index contributed by atoms with van der Waals surface area (Å²) < 4.78 is 6.15. The maximum absolute atomic E-state index is 13.4. The molecule has 4 rings (SSSR count). The Morgan fingerprint density at radius 2 is 1.52 bits per heavy atom. The monoisotopic (exact) mass is 463 g/mol. The second-order valence-corrected chi connectivity index (χ2v) is 9.06. The molecule has 0 spiro atoms. The molecule has 6 heteroatoms. The van der Waals surface area contributed by atoms with E-state index in [9.17, 15) is 9.90 Å². The molecule has 2 aromatic heterocycles. The van der Waals surface area contributed by atoms with E-state index in [-0.39, 0.29) is 11.4 Å². The minimum absolute atomic E-state index is 0.0160. The molecule has 174 valence electrons. The molecule has 2 heterocycles. The molecule has 1 N–H and O–H groups in total. The van der Waals surface area contributed by atoms with Crippen molar-refractivity contribution in [3.05, 3.63) is 68.7 Å². The fourth-order valence-corrected chi connectivity index (χ4v) is 5.04. The van der Waals surface area contributed by atoms with Crippen LogP contribution in [0.4, 0.5) is 0 Å². The zero-order valence-corrected chi connectivity index (χ0v) is 20.6. The fraction of sp³-hybridized carbons (Fsp3) is 0.407. The van der Waals surface area contributed by atoms with Crippen molar-refractivity contribution in [1.29, 1.82) is 0 Å². The van der Waals surface area contributed by atoms with Gasteiger partial charge in [-0.3, -0.25) is 13.9 Å². The number of rotatable bonds is 9. The molecule has 0 unspecified atom stereocenters. The van der Waals surface area contributed by atoms with E-state index in [1.165, 1.54) is 21.8 Å². The Morgan fingerprint density at radius 3 is 2.21 bits per heavy atom. The highest BCUT2D eigenvalue weighted by atomic mass is 32.1. The minimum Gasteiger partial charge on any atom is -0.494 e. The van der Waals surface area contributed by atoms with Crippen LogP contribution in [-0.4, -0.2) is 18.8 Å². The molecule has 33 heavy (non-hydrogen) atoms. The molecule has 0 saturated carbocycles. The summed E-state index contributed by atoms with van der Waals surface area (Å²) in [5, 5.41) is 13.5. The molecule has 2 aromatic carbocycles. The molecule has 0 aliphatic carbocycles. The summed E-state index contributed by atoms with van der Waals surface area (Å²) in [7, 11) is 0. The van der Waals surface area contributed by atoms with Gasteiger partial charge in [0.15, 0.2) is 4.77 Å². The molecule has 0 amide bonds. The largest absolute Gasteiger partial charge is 0.494 e. The molecule has 5 nitrogen and oxygen atoms in total. The van der Waals surface area contributed by atoms with Gasteiger partial charge in [0.1, 0.15) is 0 Å². The van der Waals surface area contributed by atoms with Crippen LogP contribution in [0.15, 0.2) is 47.3 Å². The number of hydrogen-bond donors (Lipinski definition) is 1. The summed E-state index contributed by atoms with van der Waals surface area (Å²) in [4.78, 5) is 13.4. The highest BCUT2D eigenvalue weighted by molar-refractivity contribution is 7.71. The van der Waals surface area contributed by atoms with E-state index >= 15 is 0 Å². The average molecular weight is 464 g/mol. The molecule has 0 aliphatic rings. The Hall–Kier alpha value is -2.86. The quantitative estimate of drug-likeness (QED) is 0.292. The van der Waals surface area contributed by atoms with Crippen LogP contribution in [0.5, 0.6) is 5.88 Å². The molecule has 0 bridgehead atoms. The van der Waals surface area contributed by atoms with E-state index in [1.807, 2.05) is 0 Å². The molecule has 4 aromatic rings. The first-order chi connectivity index (χ1) is 16.0. The van der Waals surface area contributed by atoms with E-state index < -0.39 is 0 Å². The Morgan fingerprint density at radius 1 is 0.848 bits per heavy atom. The summed E-state index contributed by atoms with van der Waals surface area (Å²) in [6.45, 7) is 8.45. The number of aromatic hydroxyl groups is 1. The van der Waals surface area contributed by atoms with Gasteiger partial charge < -0.3 is 9.67 Å². The molecular weight excluding hydrogens is 430 g/mol. The van der Waals surface area contributed by atoms with Crippen molar-refractivity contribution in [3.8, 4) is 5.88 Å². The molecule has 0 aliphatic heterocycles. The standard InChI is InChI=1S/C27H33N3O2S/c1-4-7-15-29-25(31)22(26(32)30(27(29)33)16-8-5-2)18-19-13-14-24-21(17-19)20-11-9-10-12-23(20)28(24)6-3/h9-14,17,31H,4-8,15-16,18H2,1-3H3. The second-order valence-electron chi connectivity index (χ2n) is 8.69. The third-order valence-corrected chi connectivity index (χ3v) is 6.94. The molecule has 0 atom stereocenters. The van der Waals surface area contributed by atoms with Crippen molar-refractivity contribution >= 4 is 34.0 Å². The zero-order chi connectivity index (χ0) is 23.5. The van der Waals surface area contributed by atoms with Crippen molar-refractivity contribution in [1.82, 2.24) is 13.7 Å². The number of aromatic nitrogens is 3. The number of fused-ring (bicyclic) bond motifs is 3. The van der Waals surface area contributed by atoms with Crippen LogP contribution in [0.1, 0.15) is 57.6 Å². The van der Waals surface area contributed by atoms with Crippen molar-refractivity contribution in [2.45, 2.75) is 72.5 Å². The van der Waals surface area contributed by atoms with E-state index in [0.29, 0.717) is 29.8 Å². The smallest absolute Gasteiger partial charge is 0.261 e. The number of benzene rings is 2. The minimum atomic E-state index is -0.171. The van der Waals surface area contributed by atoms with E-state index in [1.54, 1.807) is 9.13 Å². The van der Waals surface area contributed by atoms with Crippen LogP contribution in [0.3, 0.4) is 0 Å². The summed E-state index contributed by atoms with van der Waals surface area (Å²) in [5.74, 6) is 0.0160.